The normalized spacial score (nSPS) is 14.9. The van der Waals surface area contributed by atoms with Crippen molar-refractivity contribution in [2.24, 2.45) is 0 Å². The predicted molar refractivity (Wildman–Crippen MR) is 125 cm³/mol. The highest BCUT2D eigenvalue weighted by Crippen LogP contribution is 2.33. The van der Waals surface area contributed by atoms with Crippen LogP contribution >= 0.6 is 35.1 Å². The van der Waals surface area contributed by atoms with Crippen LogP contribution in [0.4, 0.5) is 5.69 Å². The van der Waals surface area contributed by atoms with Gasteiger partial charge in [0.05, 0.1) is 10.0 Å². The van der Waals surface area contributed by atoms with Crippen molar-refractivity contribution >= 4 is 46.7 Å². The van der Waals surface area contributed by atoms with E-state index in [-0.39, 0.29) is 5.91 Å². The lowest BCUT2D eigenvalue weighted by Crippen LogP contribution is -2.48. The van der Waals surface area contributed by atoms with Gasteiger partial charge in [-0.1, -0.05) is 29.3 Å². The summed E-state index contributed by atoms with van der Waals surface area (Å²) in [5.74, 6) is 0.0649. The van der Waals surface area contributed by atoms with Crippen LogP contribution in [0.2, 0.25) is 10.0 Å². The summed E-state index contributed by atoms with van der Waals surface area (Å²) in [6, 6.07) is 9.65. The van der Waals surface area contributed by atoms with Gasteiger partial charge in [0.15, 0.2) is 0 Å². The summed E-state index contributed by atoms with van der Waals surface area (Å²) >= 11 is 13.8. The molecule has 0 bridgehead atoms. The number of carbonyl (C=O) groups excluding carboxylic acids is 1. The fourth-order valence-corrected chi connectivity index (χ4v) is 4.56. The van der Waals surface area contributed by atoms with Crippen LogP contribution in [0.5, 0.6) is 0 Å². The largest absolute Gasteiger partial charge is 0.369 e. The molecule has 1 aliphatic rings. The number of halogens is 2. The molecule has 1 N–H and O–H groups in total. The molecular formula is C21H27Cl2N5OS. The third-order valence-corrected chi connectivity index (χ3v) is 6.94. The van der Waals surface area contributed by atoms with E-state index in [4.69, 9.17) is 23.2 Å². The number of amides is 1. The molecule has 162 valence electrons. The Kier molecular flexibility index (Phi) is 9.08. The average molecular weight is 468 g/mol. The number of piperazine rings is 1. The zero-order chi connectivity index (χ0) is 21.3. The van der Waals surface area contributed by atoms with Gasteiger partial charge in [-0.25, -0.2) is 4.31 Å². The van der Waals surface area contributed by atoms with E-state index in [2.05, 4.69) is 20.1 Å². The number of rotatable bonds is 9. The van der Waals surface area contributed by atoms with Gasteiger partial charge in [0, 0.05) is 75.2 Å². The molecule has 9 heteroatoms. The van der Waals surface area contributed by atoms with Crippen molar-refractivity contribution in [1.29, 1.82) is 0 Å². The number of hydrogen-bond donors (Lipinski definition) is 1. The van der Waals surface area contributed by atoms with Crippen LogP contribution in [0.25, 0.3) is 0 Å². The van der Waals surface area contributed by atoms with Gasteiger partial charge in [-0.15, -0.1) is 0 Å². The van der Waals surface area contributed by atoms with Crippen LogP contribution < -0.4 is 10.2 Å². The summed E-state index contributed by atoms with van der Waals surface area (Å²) in [4.78, 5) is 21.9. The third kappa shape index (κ3) is 7.03. The quantitative estimate of drug-likeness (QED) is 0.567. The van der Waals surface area contributed by atoms with Gasteiger partial charge in [-0.2, -0.15) is 0 Å². The standard InChI is InChI=1S/C21H27Cl2N5OS/c1-26(30-19-4-2-3-18(22)21(19)23)11-7-20(29)25-10-12-27-13-15-28(16-14-27)17-5-8-24-9-6-17/h2-6,8-9H,7,10-16H2,1H3,(H,25,29). The van der Waals surface area contributed by atoms with E-state index in [9.17, 15) is 4.79 Å². The van der Waals surface area contributed by atoms with Crippen LogP contribution in [-0.4, -0.2) is 73.0 Å². The predicted octanol–water partition coefficient (Wildman–Crippen LogP) is 3.66. The van der Waals surface area contributed by atoms with Crippen LogP contribution in [0, 0.1) is 0 Å². The van der Waals surface area contributed by atoms with Crippen LogP contribution in [0.1, 0.15) is 6.42 Å². The van der Waals surface area contributed by atoms with E-state index in [1.54, 1.807) is 6.07 Å². The summed E-state index contributed by atoms with van der Waals surface area (Å²) in [5, 5.41) is 4.11. The van der Waals surface area contributed by atoms with Crippen molar-refractivity contribution in [3.05, 3.63) is 52.8 Å². The first-order valence-electron chi connectivity index (χ1n) is 10.00. The minimum absolute atomic E-state index is 0.0649. The Morgan fingerprint density at radius 2 is 1.90 bits per heavy atom. The molecule has 0 unspecified atom stereocenters. The Bertz CT molecular complexity index is 818. The molecule has 0 aliphatic carbocycles. The van der Waals surface area contributed by atoms with E-state index in [0.717, 1.165) is 37.6 Å². The van der Waals surface area contributed by atoms with Crippen molar-refractivity contribution in [3.8, 4) is 0 Å². The van der Waals surface area contributed by atoms with Gasteiger partial charge < -0.3 is 10.2 Å². The maximum absolute atomic E-state index is 12.2. The first kappa shape index (κ1) is 23.2. The molecule has 6 nitrogen and oxygen atoms in total. The number of hydrogen-bond acceptors (Lipinski definition) is 6. The van der Waals surface area contributed by atoms with Gasteiger partial charge in [0.25, 0.3) is 0 Å². The van der Waals surface area contributed by atoms with Gasteiger partial charge in [0.1, 0.15) is 0 Å². The number of aromatic nitrogens is 1. The second-order valence-corrected chi connectivity index (χ2v) is 9.16. The second-order valence-electron chi connectivity index (χ2n) is 7.13. The molecular weight excluding hydrogens is 441 g/mol. The van der Waals surface area contributed by atoms with E-state index in [0.29, 0.717) is 29.6 Å². The summed E-state index contributed by atoms with van der Waals surface area (Å²) < 4.78 is 2.00. The number of nitrogens with zero attached hydrogens (tertiary/aromatic N) is 4. The monoisotopic (exact) mass is 467 g/mol. The molecule has 1 aliphatic heterocycles. The molecule has 2 aromatic rings. The molecule has 0 spiro atoms. The lowest BCUT2D eigenvalue weighted by atomic mass is 10.2. The van der Waals surface area contributed by atoms with Crippen LogP contribution in [0.15, 0.2) is 47.6 Å². The van der Waals surface area contributed by atoms with Crippen molar-refractivity contribution in [2.75, 3.05) is 57.8 Å². The van der Waals surface area contributed by atoms with Crippen molar-refractivity contribution in [1.82, 2.24) is 19.5 Å². The molecule has 0 radical (unpaired) electrons. The fourth-order valence-electron chi connectivity index (χ4n) is 3.25. The molecule has 3 rings (SSSR count). The smallest absolute Gasteiger partial charge is 0.221 e. The maximum Gasteiger partial charge on any atom is 0.221 e. The number of nitrogens with one attached hydrogen (secondary N) is 1. The van der Waals surface area contributed by atoms with Crippen molar-refractivity contribution < 1.29 is 4.79 Å². The number of anilines is 1. The zero-order valence-corrected chi connectivity index (χ0v) is 19.4. The molecule has 1 fully saturated rings. The second kappa shape index (κ2) is 11.8. The van der Waals surface area contributed by atoms with E-state index < -0.39 is 0 Å². The molecule has 0 atom stereocenters. The average Bonchev–Trinajstić information content (AvgIpc) is 2.77. The lowest BCUT2D eigenvalue weighted by Gasteiger charge is -2.36. The van der Waals surface area contributed by atoms with Crippen LogP contribution in [0.3, 0.4) is 0 Å². The van der Waals surface area contributed by atoms with Gasteiger partial charge >= 0.3 is 0 Å². The Morgan fingerprint density at radius 1 is 1.17 bits per heavy atom. The number of carbonyl (C=O) groups is 1. The Balaban J connectivity index is 1.29. The SMILES string of the molecule is CN(CCC(=O)NCCN1CCN(c2ccncc2)CC1)Sc1cccc(Cl)c1Cl. The van der Waals surface area contributed by atoms with Gasteiger partial charge in [-0.05, 0) is 43.3 Å². The van der Waals surface area contributed by atoms with Gasteiger partial charge in [0.2, 0.25) is 5.91 Å². The highest BCUT2D eigenvalue weighted by Gasteiger charge is 2.17. The Morgan fingerprint density at radius 3 is 2.63 bits per heavy atom. The van der Waals surface area contributed by atoms with E-state index in [1.807, 2.05) is 48.0 Å². The lowest BCUT2D eigenvalue weighted by molar-refractivity contribution is -0.121. The van der Waals surface area contributed by atoms with Crippen molar-refractivity contribution in [3.63, 3.8) is 0 Å². The maximum atomic E-state index is 12.2. The molecule has 30 heavy (non-hydrogen) atoms. The molecule has 0 saturated carbocycles. The highest BCUT2D eigenvalue weighted by molar-refractivity contribution is 7.97. The topological polar surface area (TPSA) is 51.7 Å². The first-order valence-corrected chi connectivity index (χ1v) is 11.5. The number of pyridine rings is 1. The zero-order valence-electron chi connectivity index (χ0n) is 17.1. The summed E-state index contributed by atoms with van der Waals surface area (Å²) in [6.45, 7) is 6.15. The van der Waals surface area contributed by atoms with Crippen LogP contribution in [-0.2, 0) is 4.79 Å². The summed E-state index contributed by atoms with van der Waals surface area (Å²) in [6.07, 6.45) is 4.10. The first-order chi connectivity index (χ1) is 14.5. The van der Waals surface area contributed by atoms with E-state index in [1.165, 1.54) is 17.6 Å². The molecule has 1 amide bonds. The Hall–Kier alpha value is -1.51. The highest BCUT2D eigenvalue weighted by atomic mass is 35.5. The number of benzene rings is 1. The van der Waals surface area contributed by atoms with E-state index >= 15 is 0 Å². The van der Waals surface area contributed by atoms with Crippen molar-refractivity contribution in [2.45, 2.75) is 11.3 Å². The minimum Gasteiger partial charge on any atom is -0.369 e. The molecule has 1 aromatic carbocycles. The summed E-state index contributed by atoms with van der Waals surface area (Å²) in [7, 11) is 1.94. The molecule has 2 heterocycles. The third-order valence-electron chi connectivity index (χ3n) is 4.97. The van der Waals surface area contributed by atoms with Gasteiger partial charge in [-0.3, -0.25) is 14.7 Å². The molecule has 1 saturated heterocycles. The minimum atomic E-state index is 0.0649. The molecule has 1 aromatic heterocycles. The Labute approximate surface area is 192 Å². The summed E-state index contributed by atoms with van der Waals surface area (Å²) in [5.41, 5.74) is 1.22. The fraction of sp³-hybridized carbons (Fsp3) is 0.429.